The molecule has 1 aliphatic rings. The molecule has 0 bridgehead atoms. The fourth-order valence-corrected chi connectivity index (χ4v) is 5.34. The van der Waals surface area contributed by atoms with E-state index in [0.717, 1.165) is 6.92 Å². The molecule has 2 aromatic carbocycles. The number of carboxylic acid groups (broad SMARTS) is 3. The number of amides is 8. The molecule has 24 heteroatoms. The largest absolute Gasteiger partial charge is 0.481 e. The van der Waals surface area contributed by atoms with Gasteiger partial charge in [0.05, 0.1) is 38.9 Å². The van der Waals surface area contributed by atoms with Crippen molar-refractivity contribution in [3.8, 4) is 11.1 Å². The standard InChI is InChI=1S/C20H30N8O13.C16H15NO2.C2H6.CH4/c1-8(29)27-28-11(4-17(37)38)20(41)26-10(3-16(35)36)19(40)25-9(2-15(33)34)18(39)24-7-14(32)23-6-13(31)22-5-12(21)30;1-17-16(18)19-10-15-13-8-4-2-6-11(13)12-7-3-5-9-14(12)15;1-2;/h9-11,28H,2-7H2,1H3,(H2,21,30)(H,22,31)(H,23,32)(H,24,39)(H,25,40)(H,26,41)(H,27,29)(H,33,34)(H,35,36)(H,37,38);2-9,15H,10H2,1H3,(H,17,18);1-2H3;1H4/t9?,10-,11?;;;/m0.../s1. The minimum Gasteiger partial charge on any atom is -0.481 e. The van der Waals surface area contributed by atoms with Crippen LogP contribution < -0.4 is 48.5 Å². The van der Waals surface area contributed by atoms with Crippen LogP contribution in [0.25, 0.3) is 11.1 Å². The number of alkyl carbamates (subject to hydrolysis) is 1. The van der Waals surface area contributed by atoms with E-state index in [9.17, 15) is 52.7 Å². The van der Waals surface area contributed by atoms with Crippen molar-refractivity contribution in [1.29, 1.82) is 0 Å². The molecule has 0 fully saturated rings. The molecule has 0 heterocycles. The van der Waals surface area contributed by atoms with Crippen LogP contribution in [0.5, 0.6) is 0 Å². The second-order valence-electron chi connectivity index (χ2n) is 12.6. The molecule has 0 aromatic heterocycles. The zero-order valence-corrected chi connectivity index (χ0v) is 34.2. The van der Waals surface area contributed by atoms with Crippen LogP contribution in [-0.2, 0) is 52.7 Å². The lowest BCUT2D eigenvalue weighted by Gasteiger charge is -2.23. The first-order chi connectivity index (χ1) is 29.3. The Hall–Kier alpha value is -7.63. The van der Waals surface area contributed by atoms with Gasteiger partial charge in [-0.2, -0.15) is 0 Å². The first kappa shape index (κ1) is 55.4. The molecular weight excluding hydrogens is 834 g/mol. The molecule has 2 aromatic rings. The Morgan fingerprint density at radius 3 is 1.49 bits per heavy atom. The average molecular weight is 890 g/mol. The third-order valence-electron chi connectivity index (χ3n) is 8.02. The number of aliphatic carboxylic acids is 3. The maximum absolute atomic E-state index is 12.7. The summed E-state index contributed by atoms with van der Waals surface area (Å²) < 4.78 is 5.24. The van der Waals surface area contributed by atoms with Gasteiger partial charge in [-0.15, -0.1) is 0 Å². The van der Waals surface area contributed by atoms with Crippen LogP contribution in [0.4, 0.5) is 4.79 Å². The fourth-order valence-electron chi connectivity index (χ4n) is 5.34. The molecule has 3 rings (SSSR count). The highest BCUT2D eigenvalue weighted by atomic mass is 16.5. The molecule has 2 unspecified atom stereocenters. The molecule has 8 amide bonds. The fraction of sp³-hybridized carbons (Fsp3) is 0.410. The summed E-state index contributed by atoms with van der Waals surface area (Å²) in [7, 11) is 1.57. The highest BCUT2D eigenvalue weighted by molar-refractivity contribution is 5.97. The quantitative estimate of drug-likeness (QED) is 0.0606. The van der Waals surface area contributed by atoms with Crippen molar-refractivity contribution in [2.24, 2.45) is 5.73 Å². The van der Waals surface area contributed by atoms with E-state index >= 15 is 0 Å². The van der Waals surface area contributed by atoms with Crippen LogP contribution in [0.1, 0.15) is 64.5 Å². The van der Waals surface area contributed by atoms with Crippen molar-refractivity contribution in [3.63, 3.8) is 0 Å². The van der Waals surface area contributed by atoms with Gasteiger partial charge in [-0.25, -0.2) is 10.2 Å². The molecule has 0 spiro atoms. The van der Waals surface area contributed by atoms with E-state index in [1.54, 1.807) is 7.05 Å². The number of nitrogens with two attached hydrogens (primary N) is 1. The molecule has 0 saturated heterocycles. The van der Waals surface area contributed by atoms with E-state index in [4.69, 9.17) is 25.8 Å². The predicted octanol–water partition coefficient (Wildman–Crippen LogP) is -1.96. The number of hydrogen-bond acceptors (Lipinski definition) is 13. The summed E-state index contributed by atoms with van der Waals surface area (Å²) in [4.78, 5) is 127. The monoisotopic (exact) mass is 889 g/mol. The SMILES string of the molecule is C.CC.CC(=O)NNC(CC(=O)O)C(=O)N[C@@H](CC(=O)O)C(=O)NC(CC(=O)O)C(=O)NCC(=O)NCC(=O)NCC(N)=O.CNC(=O)OCC1c2ccccc2-c2ccccc21. The van der Waals surface area contributed by atoms with Gasteiger partial charge in [0, 0.05) is 19.9 Å². The van der Waals surface area contributed by atoms with Crippen LogP contribution in [0.2, 0.25) is 0 Å². The summed E-state index contributed by atoms with van der Waals surface area (Å²) in [5, 5.41) is 39.7. The van der Waals surface area contributed by atoms with E-state index in [-0.39, 0.29) is 19.4 Å². The molecule has 24 nitrogen and oxygen atoms in total. The number of rotatable bonds is 21. The summed E-state index contributed by atoms with van der Waals surface area (Å²) in [6.07, 6.45) is -3.43. The Morgan fingerprint density at radius 1 is 0.635 bits per heavy atom. The lowest BCUT2D eigenvalue weighted by Crippen LogP contribution is -2.59. The van der Waals surface area contributed by atoms with Gasteiger partial charge in [0.15, 0.2) is 0 Å². The first-order valence-electron chi connectivity index (χ1n) is 18.7. The van der Waals surface area contributed by atoms with Crippen molar-refractivity contribution in [2.75, 3.05) is 33.3 Å². The van der Waals surface area contributed by atoms with Gasteiger partial charge in [-0.05, 0) is 22.3 Å². The second kappa shape index (κ2) is 28.8. The minimum atomic E-state index is -1.94. The highest BCUT2D eigenvalue weighted by Gasteiger charge is 2.33. The van der Waals surface area contributed by atoms with Gasteiger partial charge in [0.25, 0.3) is 0 Å². The number of nitrogens with one attached hydrogen (secondary N) is 8. The molecule has 0 radical (unpaired) electrons. The Morgan fingerprint density at radius 2 is 1.05 bits per heavy atom. The van der Waals surface area contributed by atoms with Crippen molar-refractivity contribution >= 4 is 65.4 Å². The smallest absolute Gasteiger partial charge is 0.406 e. The number of ether oxygens (including phenoxy) is 1. The van der Waals surface area contributed by atoms with E-state index in [1.165, 1.54) is 22.3 Å². The lowest BCUT2D eigenvalue weighted by atomic mass is 9.98. The lowest BCUT2D eigenvalue weighted by molar-refractivity contribution is -0.144. The number of hydrogen-bond donors (Lipinski definition) is 12. The predicted molar refractivity (Wildman–Crippen MR) is 222 cm³/mol. The third-order valence-corrected chi connectivity index (χ3v) is 8.02. The van der Waals surface area contributed by atoms with Gasteiger partial charge in [0.1, 0.15) is 24.7 Å². The number of carbonyl (C=O) groups is 11. The molecule has 346 valence electrons. The third kappa shape index (κ3) is 20.5. The van der Waals surface area contributed by atoms with Crippen molar-refractivity contribution in [1.82, 2.24) is 42.8 Å². The Labute approximate surface area is 361 Å². The van der Waals surface area contributed by atoms with E-state index < -0.39 is 116 Å². The van der Waals surface area contributed by atoms with Crippen molar-refractivity contribution in [2.45, 2.75) is 71.5 Å². The molecule has 0 aliphatic heterocycles. The summed E-state index contributed by atoms with van der Waals surface area (Å²) >= 11 is 0. The van der Waals surface area contributed by atoms with Crippen LogP contribution in [0.15, 0.2) is 48.5 Å². The van der Waals surface area contributed by atoms with Crippen LogP contribution in [0, 0.1) is 0 Å². The zero-order valence-electron chi connectivity index (χ0n) is 34.2. The Kier molecular flexibility index (Phi) is 25.3. The molecule has 1 aliphatic carbocycles. The topological polar surface area (TPSA) is 380 Å². The number of hydrazine groups is 1. The number of benzene rings is 2. The summed E-state index contributed by atoms with van der Waals surface area (Å²) in [5.74, 6) is -11.7. The molecule has 63 heavy (non-hydrogen) atoms. The zero-order chi connectivity index (χ0) is 46.9. The summed E-state index contributed by atoms with van der Waals surface area (Å²) in [6.45, 7) is 3.51. The van der Waals surface area contributed by atoms with Crippen LogP contribution >= 0.6 is 0 Å². The summed E-state index contributed by atoms with van der Waals surface area (Å²) in [6, 6.07) is 11.1. The number of carbonyl (C=O) groups excluding carboxylic acids is 8. The number of carboxylic acids is 3. The highest BCUT2D eigenvalue weighted by Crippen LogP contribution is 2.44. The number of fused-ring (bicyclic) bond motifs is 3. The second-order valence-corrected chi connectivity index (χ2v) is 12.6. The first-order valence-corrected chi connectivity index (χ1v) is 18.7. The maximum atomic E-state index is 12.7. The van der Waals surface area contributed by atoms with Crippen LogP contribution in [-0.4, -0.2) is 132 Å². The van der Waals surface area contributed by atoms with E-state index in [2.05, 4.69) is 45.6 Å². The molecule has 13 N–H and O–H groups in total. The average Bonchev–Trinajstić information content (AvgIpc) is 3.54. The molecular formula is C39H55N9O15. The van der Waals surface area contributed by atoms with Gasteiger partial charge < -0.3 is 57.7 Å². The van der Waals surface area contributed by atoms with Crippen molar-refractivity contribution < 1.29 is 72.8 Å². The summed E-state index contributed by atoms with van der Waals surface area (Å²) in [5.41, 5.74) is 13.8. The van der Waals surface area contributed by atoms with Gasteiger partial charge in [0.2, 0.25) is 41.4 Å². The van der Waals surface area contributed by atoms with E-state index in [0.29, 0.717) is 6.61 Å². The van der Waals surface area contributed by atoms with E-state index in [1.807, 2.05) is 59.5 Å². The van der Waals surface area contributed by atoms with Gasteiger partial charge >= 0.3 is 24.0 Å². The minimum absolute atomic E-state index is 0. The molecule has 0 saturated carbocycles. The van der Waals surface area contributed by atoms with Crippen molar-refractivity contribution in [3.05, 3.63) is 59.7 Å². The Balaban J connectivity index is 0.00000143. The normalized spacial score (nSPS) is 11.9. The maximum Gasteiger partial charge on any atom is 0.406 e. The van der Waals surface area contributed by atoms with Gasteiger partial charge in [-0.3, -0.25) is 53.4 Å². The number of primary amides is 1. The van der Waals surface area contributed by atoms with Gasteiger partial charge in [-0.1, -0.05) is 69.8 Å². The van der Waals surface area contributed by atoms with Crippen LogP contribution in [0.3, 0.4) is 0 Å². The Bertz CT molecular complexity index is 1910. The molecule has 3 atom stereocenters.